The highest BCUT2D eigenvalue weighted by molar-refractivity contribution is 9.10. The van der Waals surface area contributed by atoms with Crippen LogP contribution in [-0.2, 0) is 9.53 Å². The second kappa shape index (κ2) is 10.9. The first kappa shape index (κ1) is 24.1. The van der Waals surface area contributed by atoms with Gasteiger partial charge in [0, 0.05) is 10.4 Å². The average Bonchev–Trinajstić information content (AvgIpc) is 2.77. The quantitative estimate of drug-likeness (QED) is 0.275. The second-order valence-corrected chi connectivity index (χ2v) is 8.86. The van der Waals surface area contributed by atoms with Gasteiger partial charge in [0.15, 0.2) is 6.61 Å². The number of carbonyl (C=O) groups excluding carboxylic acids is 1. The number of aromatic nitrogens is 2. The average molecular weight is 565 g/mol. The van der Waals surface area contributed by atoms with Crippen molar-refractivity contribution < 1.29 is 14.3 Å². The van der Waals surface area contributed by atoms with E-state index in [1.165, 1.54) is 4.68 Å². The Morgan fingerprint density at radius 1 is 1.22 bits per heavy atom. The molecular weight excluding hydrogens is 542 g/mol. The highest BCUT2D eigenvalue weighted by Gasteiger charge is 2.15. The number of hydrogen-bond acceptors (Lipinski definition) is 6. The molecule has 0 saturated carbocycles. The highest BCUT2D eigenvalue weighted by atomic mass is 79.9. The van der Waals surface area contributed by atoms with Crippen molar-refractivity contribution in [3.8, 4) is 5.75 Å². The molecule has 0 saturated heterocycles. The smallest absolute Gasteiger partial charge is 0.344 e. The lowest BCUT2D eigenvalue weighted by Gasteiger charge is -2.14. The van der Waals surface area contributed by atoms with Gasteiger partial charge >= 0.3 is 5.97 Å². The standard InChI is InChI=1S/C23H23Br2N3O4/c1-4-14(3)22-27-19-8-7-16(24)11-17(19)23(30)28(22)26-12-15-6-9-20(18(25)10-15)32-13-21(29)31-5-2/h6-12,14H,4-5,13H2,1-3H3/t14-/m0/s1. The summed E-state index contributed by atoms with van der Waals surface area (Å²) in [5, 5.41) is 4.95. The molecule has 3 aromatic rings. The van der Waals surface area contributed by atoms with Gasteiger partial charge < -0.3 is 9.47 Å². The lowest BCUT2D eigenvalue weighted by atomic mass is 10.1. The molecule has 0 bridgehead atoms. The van der Waals surface area contributed by atoms with Gasteiger partial charge in [-0.05, 0) is 71.2 Å². The number of carbonyl (C=O) groups is 1. The molecule has 1 aromatic heterocycles. The Morgan fingerprint density at radius 2 is 2.00 bits per heavy atom. The van der Waals surface area contributed by atoms with Gasteiger partial charge in [0.2, 0.25) is 0 Å². The van der Waals surface area contributed by atoms with E-state index in [1.54, 1.807) is 37.4 Å². The third kappa shape index (κ3) is 5.63. The van der Waals surface area contributed by atoms with Gasteiger partial charge in [-0.3, -0.25) is 4.79 Å². The summed E-state index contributed by atoms with van der Waals surface area (Å²) in [5.41, 5.74) is 1.17. The molecule has 0 N–H and O–H groups in total. The molecule has 0 aliphatic carbocycles. The Kier molecular flexibility index (Phi) is 8.20. The van der Waals surface area contributed by atoms with Crippen molar-refractivity contribution in [2.75, 3.05) is 13.2 Å². The molecule has 0 fully saturated rings. The molecule has 168 valence electrons. The third-order valence-electron chi connectivity index (χ3n) is 4.82. The van der Waals surface area contributed by atoms with Crippen LogP contribution in [0.2, 0.25) is 0 Å². The Bertz CT molecular complexity index is 1220. The summed E-state index contributed by atoms with van der Waals surface area (Å²) in [6.07, 6.45) is 2.42. The van der Waals surface area contributed by atoms with Gasteiger partial charge in [0.1, 0.15) is 11.6 Å². The van der Waals surface area contributed by atoms with Crippen LogP contribution in [0.5, 0.6) is 5.75 Å². The van der Waals surface area contributed by atoms with Crippen molar-refractivity contribution in [3.63, 3.8) is 0 Å². The normalized spacial score (nSPS) is 12.3. The molecule has 2 aromatic carbocycles. The predicted octanol–water partition coefficient (Wildman–Crippen LogP) is 5.26. The zero-order valence-corrected chi connectivity index (χ0v) is 21.1. The molecule has 0 spiro atoms. The lowest BCUT2D eigenvalue weighted by molar-refractivity contribution is -0.145. The summed E-state index contributed by atoms with van der Waals surface area (Å²) >= 11 is 6.85. The molecule has 1 heterocycles. The zero-order valence-electron chi connectivity index (χ0n) is 18.0. The van der Waals surface area contributed by atoms with Crippen molar-refractivity contribution in [3.05, 3.63) is 67.1 Å². The van der Waals surface area contributed by atoms with Crippen LogP contribution in [0, 0.1) is 0 Å². The summed E-state index contributed by atoms with van der Waals surface area (Å²) in [6.45, 7) is 5.93. The summed E-state index contributed by atoms with van der Waals surface area (Å²) in [6, 6.07) is 10.7. The first-order valence-electron chi connectivity index (χ1n) is 10.2. The predicted molar refractivity (Wildman–Crippen MR) is 132 cm³/mol. The number of benzene rings is 2. The molecule has 9 heteroatoms. The van der Waals surface area contributed by atoms with Crippen molar-refractivity contribution in [2.24, 2.45) is 5.10 Å². The maximum absolute atomic E-state index is 13.2. The number of rotatable bonds is 8. The van der Waals surface area contributed by atoms with Gasteiger partial charge in [0.25, 0.3) is 5.56 Å². The van der Waals surface area contributed by atoms with Crippen LogP contribution in [-0.4, -0.2) is 35.1 Å². The molecule has 1 atom stereocenters. The topological polar surface area (TPSA) is 82.8 Å². The molecule has 7 nitrogen and oxygen atoms in total. The minimum atomic E-state index is -0.433. The van der Waals surface area contributed by atoms with Gasteiger partial charge in [-0.2, -0.15) is 9.78 Å². The fraction of sp³-hybridized carbons (Fsp3) is 0.304. The first-order chi connectivity index (χ1) is 15.3. The molecule has 0 unspecified atom stereocenters. The van der Waals surface area contributed by atoms with Gasteiger partial charge in [-0.25, -0.2) is 9.78 Å². The third-order valence-corrected chi connectivity index (χ3v) is 5.93. The number of esters is 1. The summed E-state index contributed by atoms with van der Waals surface area (Å²) in [4.78, 5) is 29.4. The summed E-state index contributed by atoms with van der Waals surface area (Å²) < 4.78 is 13.2. The van der Waals surface area contributed by atoms with E-state index in [0.717, 1.165) is 16.5 Å². The van der Waals surface area contributed by atoms with Gasteiger partial charge in [-0.15, -0.1) is 0 Å². The van der Waals surface area contributed by atoms with Gasteiger partial charge in [-0.1, -0.05) is 29.8 Å². The zero-order chi connectivity index (χ0) is 23.3. The van der Waals surface area contributed by atoms with Crippen molar-refractivity contribution in [1.82, 2.24) is 9.66 Å². The molecule has 0 aliphatic rings. The van der Waals surface area contributed by atoms with Crippen LogP contribution < -0.4 is 10.3 Å². The SMILES string of the molecule is CCOC(=O)COc1ccc(C=Nn2c([C@@H](C)CC)nc3ccc(Br)cc3c2=O)cc1Br. The Hall–Kier alpha value is -2.52. The number of hydrogen-bond donors (Lipinski definition) is 0. The molecule has 3 rings (SSSR count). The second-order valence-electron chi connectivity index (χ2n) is 7.09. The lowest BCUT2D eigenvalue weighted by Crippen LogP contribution is -2.23. The summed E-state index contributed by atoms with van der Waals surface area (Å²) in [5.74, 6) is 0.734. The number of halogens is 2. The Morgan fingerprint density at radius 3 is 2.69 bits per heavy atom. The fourth-order valence-electron chi connectivity index (χ4n) is 2.96. The van der Waals surface area contributed by atoms with E-state index in [2.05, 4.69) is 37.0 Å². The maximum atomic E-state index is 13.2. The highest BCUT2D eigenvalue weighted by Crippen LogP contribution is 2.26. The van der Waals surface area contributed by atoms with E-state index in [0.29, 0.717) is 33.6 Å². The molecule has 32 heavy (non-hydrogen) atoms. The first-order valence-corrected chi connectivity index (χ1v) is 11.8. The van der Waals surface area contributed by atoms with E-state index < -0.39 is 5.97 Å². The summed E-state index contributed by atoms with van der Waals surface area (Å²) in [7, 11) is 0. The number of ether oxygens (including phenoxy) is 2. The van der Waals surface area contributed by atoms with Gasteiger partial charge in [0.05, 0.1) is 28.2 Å². The largest absolute Gasteiger partial charge is 0.481 e. The van der Waals surface area contributed by atoms with Crippen LogP contribution in [0.15, 0.2) is 55.2 Å². The minimum Gasteiger partial charge on any atom is -0.481 e. The van der Waals surface area contributed by atoms with Crippen LogP contribution >= 0.6 is 31.9 Å². The molecule has 0 amide bonds. The Balaban J connectivity index is 1.93. The van der Waals surface area contributed by atoms with Crippen LogP contribution in [0.1, 0.15) is 44.5 Å². The molecular formula is C23H23Br2N3O4. The van der Waals surface area contributed by atoms with E-state index >= 15 is 0 Å². The molecule has 0 aliphatic heterocycles. The minimum absolute atomic E-state index is 0.0540. The van der Waals surface area contributed by atoms with E-state index in [-0.39, 0.29) is 18.1 Å². The van der Waals surface area contributed by atoms with Crippen molar-refractivity contribution in [2.45, 2.75) is 33.1 Å². The van der Waals surface area contributed by atoms with E-state index in [1.807, 2.05) is 26.0 Å². The maximum Gasteiger partial charge on any atom is 0.344 e. The molecule has 0 radical (unpaired) electrons. The van der Waals surface area contributed by atoms with Crippen LogP contribution in [0.25, 0.3) is 10.9 Å². The van der Waals surface area contributed by atoms with Crippen molar-refractivity contribution >= 4 is 54.9 Å². The van der Waals surface area contributed by atoms with Crippen LogP contribution in [0.4, 0.5) is 0 Å². The van der Waals surface area contributed by atoms with E-state index in [4.69, 9.17) is 14.5 Å². The fourth-order valence-corrected chi connectivity index (χ4v) is 3.83. The number of fused-ring (bicyclic) bond motifs is 1. The Labute approximate surface area is 202 Å². The van der Waals surface area contributed by atoms with Crippen LogP contribution in [0.3, 0.4) is 0 Å². The monoisotopic (exact) mass is 563 g/mol. The number of nitrogens with zero attached hydrogens (tertiary/aromatic N) is 3. The van der Waals surface area contributed by atoms with E-state index in [9.17, 15) is 9.59 Å². The van der Waals surface area contributed by atoms with Crippen molar-refractivity contribution in [1.29, 1.82) is 0 Å².